The summed E-state index contributed by atoms with van der Waals surface area (Å²) < 4.78 is 1.57. The van der Waals surface area contributed by atoms with Crippen molar-refractivity contribution in [3.63, 3.8) is 0 Å². The molecular weight excluding hydrogens is 280 g/mol. The average molecular weight is 302 g/mol. The van der Waals surface area contributed by atoms with E-state index in [4.69, 9.17) is 5.11 Å². The van der Waals surface area contributed by atoms with E-state index in [0.717, 1.165) is 24.1 Å². The van der Waals surface area contributed by atoms with Gasteiger partial charge >= 0.3 is 6.03 Å². The summed E-state index contributed by atoms with van der Waals surface area (Å²) >= 11 is 0. The number of benzene rings is 1. The van der Waals surface area contributed by atoms with Crippen molar-refractivity contribution in [2.45, 2.75) is 33.2 Å². The molecule has 0 saturated heterocycles. The zero-order valence-corrected chi connectivity index (χ0v) is 13.0. The number of aliphatic hydroxyl groups excluding tert-OH is 1. The van der Waals surface area contributed by atoms with Gasteiger partial charge in [-0.05, 0) is 30.0 Å². The summed E-state index contributed by atoms with van der Waals surface area (Å²) in [6, 6.07) is 5.84. The molecule has 3 N–H and O–H groups in total. The second kappa shape index (κ2) is 7.61. The molecule has 2 rings (SSSR count). The lowest BCUT2D eigenvalue weighted by molar-refractivity contribution is 0.262. The highest BCUT2D eigenvalue weighted by Crippen LogP contribution is 2.19. The van der Waals surface area contributed by atoms with Crippen molar-refractivity contribution in [2.24, 2.45) is 0 Å². The first-order valence-electron chi connectivity index (χ1n) is 7.49. The molecule has 0 saturated carbocycles. The minimum Gasteiger partial charge on any atom is -0.394 e. The van der Waals surface area contributed by atoms with Crippen molar-refractivity contribution in [3.05, 3.63) is 41.7 Å². The van der Waals surface area contributed by atoms with Crippen LogP contribution < -0.4 is 10.6 Å². The maximum Gasteiger partial charge on any atom is 0.323 e. The lowest BCUT2D eigenvalue weighted by Gasteiger charge is -2.12. The van der Waals surface area contributed by atoms with Crippen LogP contribution in [0.25, 0.3) is 0 Å². The third kappa shape index (κ3) is 4.08. The quantitative estimate of drug-likeness (QED) is 0.767. The number of aliphatic hydroxyl groups is 1. The Balaban J connectivity index is 2.04. The van der Waals surface area contributed by atoms with Crippen LogP contribution in [0.4, 0.5) is 16.2 Å². The predicted octanol–water partition coefficient (Wildman–Crippen LogP) is 2.64. The summed E-state index contributed by atoms with van der Waals surface area (Å²) in [7, 11) is 0. The first-order valence-corrected chi connectivity index (χ1v) is 7.49. The maximum absolute atomic E-state index is 12.1. The lowest BCUT2D eigenvalue weighted by atomic mass is 10.1. The van der Waals surface area contributed by atoms with E-state index in [-0.39, 0.29) is 12.6 Å². The van der Waals surface area contributed by atoms with Crippen molar-refractivity contribution < 1.29 is 9.90 Å². The number of hydrogen-bond donors (Lipinski definition) is 3. The molecule has 2 amide bonds. The number of amides is 2. The van der Waals surface area contributed by atoms with E-state index < -0.39 is 0 Å². The van der Waals surface area contributed by atoms with Gasteiger partial charge in [-0.1, -0.05) is 26.0 Å². The van der Waals surface area contributed by atoms with Gasteiger partial charge in [-0.2, -0.15) is 5.10 Å². The molecule has 0 aliphatic rings. The summed E-state index contributed by atoms with van der Waals surface area (Å²) in [4.78, 5) is 12.1. The van der Waals surface area contributed by atoms with Crippen LogP contribution >= 0.6 is 0 Å². The van der Waals surface area contributed by atoms with Gasteiger partial charge in [-0.3, -0.25) is 4.68 Å². The summed E-state index contributed by atoms with van der Waals surface area (Å²) in [5.41, 5.74) is 3.71. The van der Waals surface area contributed by atoms with Crippen molar-refractivity contribution >= 4 is 17.4 Å². The Hall–Kier alpha value is -2.34. The highest BCUT2D eigenvalue weighted by atomic mass is 16.3. The summed E-state index contributed by atoms with van der Waals surface area (Å²) in [6.45, 7) is 4.56. The molecule has 1 aromatic carbocycles. The number of carbonyl (C=O) groups is 1. The predicted molar refractivity (Wildman–Crippen MR) is 87.2 cm³/mol. The molecule has 0 bridgehead atoms. The van der Waals surface area contributed by atoms with Crippen molar-refractivity contribution in [1.82, 2.24) is 9.78 Å². The summed E-state index contributed by atoms with van der Waals surface area (Å²) in [5, 5.41) is 18.5. The van der Waals surface area contributed by atoms with Crippen molar-refractivity contribution in [1.29, 1.82) is 0 Å². The largest absolute Gasteiger partial charge is 0.394 e. The number of carbonyl (C=O) groups excluding carboxylic acids is 1. The van der Waals surface area contributed by atoms with Gasteiger partial charge in [-0.25, -0.2) is 4.79 Å². The molecule has 0 aliphatic heterocycles. The van der Waals surface area contributed by atoms with Gasteiger partial charge in [0.2, 0.25) is 0 Å². The zero-order valence-electron chi connectivity index (χ0n) is 13.0. The molecule has 0 aliphatic carbocycles. The van der Waals surface area contributed by atoms with Crippen molar-refractivity contribution in [3.8, 4) is 0 Å². The van der Waals surface area contributed by atoms with Gasteiger partial charge in [0.05, 0.1) is 25.0 Å². The third-order valence-electron chi connectivity index (χ3n) is 3.43. The first kappa shape index (κ1) is 16.0. The second-order valence-corrected chi connectivity index (χ2v) is 4.99. The Kier molecular flexibility index (Phi) is 5.55. The Morgan fingerprint density at radius 2 is 2.09 bits per heavy atom. The smallest absolute Gasteiger partial charge is 0.323 e. The van der Waals surface area contributed by atoms with Gasteiger partial charge in [0, 0.05) is 11.9 Å². The molecule has 6 nitrogen and oxygen atoms in total. The molecule has 2 aromatic rings. The number of aryl methyl sites for hydroxylation is 2. The Morgan fingerprint density at radius 3 is 2.77 bits per heavy atom. The molecule has 0 unspecified atom stereocenters. The fourth-order valence-electron chi connectivity index (χ4n) is 2.21. The van der Waals surface area contributed by atoms with Gasteiger partial charge in [0.15, 0.2) is 0 Å². The van der Waals surface area contributed by atoms with Gasteiger partial charge < -0.3 is 15.7 Å². The minimum atomic E-state index is -0.300. The standard InChI is InChI=1S/C16H22N4O2/c1-3-12-5-6-13(4-2)15(9-12)19-16(22)18-14-10-17-20(11-14)7-8-21/h5-6,9-11,21H,3-4,7-8H2,1-2H3,(H2,18,19,22). The first-order chi connectivity index (χ1) is 10.7. The number of nitrogens with zero attached hydrogens (tertiary/aromatic N) is 2. The van der Waals surface area contributed by atoms with Crippen LogP contribution in [-0.4, -0.2) is 27.5 Å². The fraction of sp³-hybridized carbons (Fsp3) is 0.375. The van der Waals surface area contributed by atoms with E-state index >= 15 is 0 Å². The molecule has 0 spiro atoms. The number of urea groups is 1. The number of nitrogens with one attached hydrogen (secondary N) is 2. The van der Waals surface area contributed by atoms with E-state index in [0.29, 0.717) is 12.2 Å². The number of rotatable bonds is 6. The maximum atomic E-state index is 12.1. The molecule has 1 heterocycles. The second-order valence-electron chi connectivity index (χ2n) is 4.99. The van der Waals surface area contributed by atoms with Crippen molar-refractivity contribution in [2.75, 3.05) is 17.2 Å². The third-order valence-corrected chi connectivity index (χ3v) is 3.43. The number of hydrogen-bond acceptors (Lipinski definition) is 3. The molecule has 118 valence electrons. The van der Waals surface area contributed by atoms with Gasteiger partial charge in [0.1, 0.15) is 0 Å². The number of anilines is 2. The fourth-order valence-corrected chi connectivity index (χ4v) is 2.21. The summed E-state index contributed by atoms with van der Waals surface area (Å²) in [6.07, 6.45) is 5.01. The van der Waals surface area contributed by atoms with E-state index in [1.807, 2.05) is 12.1 Å². The van der Waals surface area contributed by atoms with E-state index in [2.05, 4.69) is 35.6 Å². The van der Waals surface area contributed by atoms with Gasteiger partial charge in [0.25, 0.3) is 0 Å². The topological polar surface area (TPSA) is 79.2 Å². The molecular formula is C16H22N4O2. The van der Waals surface area contributed by atoms with Crippen LogP contribution in [0.1, 0.15) is 25.0 Å². The monoisotopic (exact) mass is 302 g/mol. The van der Waals surface area contributed by atoms with Crippen LogP contribution in [0.2, 0.25) is 0 Å². The molecule has 0 atom stereocenters. The Morgan fingerprint density at radius 1 is 1.27 bits per heavy atom. The lowest BCUT2D eigenvalue weighted by Crippen LogP contribution is -2.20. The molecule has 6 heteroatoms. The molecule has 1 aromatic heterocycles. The molecule has 0 radical (unpaired) electrons. The van der Waals surface area contributed by atoms with Crippen LogP contribution in [-0.2, 0) is 19.4 Å². The van der Waals surface area contributed by atoms with E-state index in [9.17, 15) is 4.79 Å². The number of aromatic nitrogens is 2. The summed E-state index contributed by atoms with van der Waals surface area (Å²) in [5.74, 6) is 0. The molecule has 22 heavy (non-hydrogen) atoms. The van der Waals surface area contributed by atoms with E-state index in [1.54, 1.807) is 17.1 Å². The highest BCUT2D eigenvalue weighted by Gasteiger charge is 2.08. The average Bonchev–Trinajstić information content (AvgIpc) is 2.94. The van der Waals surface area contributed by atoms with Crippen LogP contribution in [0.15, 0.2) is 30.6 Å². The van der Waals surface area contributed by atoms with Gasteiger partial charge in [-0.15, -0.1) is 0 Å². The zero-order chi connectivity index (χ0) is 15.9. The Labute approximate surface area is 130 Å². The highest BCUT2D eigenvalue weighted by molar-refractivity contribution is 6.00. The normalized spacial score (nSPS) is 10.5. The molecule has 0 fully saturated rings. The minimum absolute atomic E-state index is 0.0109. The SMILES string of the molecule is CCc1ccc(CC)c(NC(=O)Nc2cnn(CCO)c2)c1. The Bertz CT molecular complexity index is 637. The van der Waals surface area contributed by atoms with Crippen LogP contribution in [0, 0.1) is 0 Å². The van der Waals surface area contributed by atoms with Crippen LogP contribution in [0.5, 0.6) is 0 Å². The van der Waals surface area contributed by atoms with Crippen LogP contribution in [0.3, 0.4) is 0 Å². The van der Waals surface area contributed by atoms with E-state index in [1.165, 1.54) is 5.56 Å².